The van der Waals surface area contributed by atoms with Crippen molar-refractivity contribution >= 4 is 50.8 Å². The van der Waals surface area contributed by atoms with Gasteiger partial charge in [0, 0.05) is 5.92 Å². The quantitative estimate of drug-likeness (QED) is 0.372. The summed E-state index contributed by atoms with van der Waals surface area (Å²) in [5.41, 5.74) is 6.15. The Morgan fingerprint density at radius 3 is 2.59 bits per heavy atom. The largest absolute Gasteiger partial charge is 0.0805 e. The number of halogens is 2. The van der Waals surface area contributed by atoms with E-state index < -0.39 is 0 Å². The summed E-state index contributed by atoms with van der Waals surface area (Å²) < 4.78 is 3.11. The third kappa shape index (κ3) is 2.56. The molecule has 2 unspecified atom stereocenters. The van der Waals surface area contributed by atoms with Crippen LogP contribution in [0.4, 0.5) is 0 Å². The molecule has 4 rings (SSSR count). The fourth-order valence-electron chi connectivity index (χ4n) is 3.94. The molecule has 3 aliphatic rings. The monoisotopic (exact) mass is 512 g/mol. The van der Waals surface area contributed by atoms with Crippen LogP contribution < -0.4 is 0 Å². The van der Waals surface area contributed by atoms with Gasteiger partial charge in [-0.15, -0.1) is 0 Å². The molecule has 22 heavy (non-hydrogen) atoms. The van der Waals surface area contributed by atoms with Crippen LogP contribution in [0.2, 0.25) is 0 Å². The maximum atomic E-state index is 2.60. The van der Waals surface area contributed by atoms with Crippen molar-refractivity contribution in [3.8, 4) is 0 Å². The summed E-state index contributed by atoms with van der Waals surface area (Å²) in [5, 5.41) is 0. The molecule has 0 fully saturated rings. The van der Waals surface area contributed by atoms with Gasteiger partial charge in [0.2, 0.25) is 0 Å². The average molecular weight is 512 g/mol. The zero-order valence-electron chi connectivity index (χ0n) is 12.4. The van der Waals surface area contributed by atoms with Gasteiger partial charge in [0.15, 0.2) is 0 Å². The Kier molecular flexibility index (Phi) is 4.33. The van der Waals surface area contributed by atoms with Gasteiger partial charge in [-0.2, -0.15) is 0 Å². The fourth-order valence-corrected chi connectivity index (χ4v) is 5.73. The van der Waals surface area contributed by atoms with Crippen LogP contribution in [0.5, 0.6) is 0 Å². The molecule has 0 saturated heterocycles. The van der Waals surface area contributed by atoms with Gasteiger partial charge in [0.25, 0.3) is 0 Å². The minimum atomic E-state index is 0.566. The highest BCUT2D eigenvalue weighted by Gasteiger charge is 2.33. The first kappa shape index (κ1) is 15.2. The summed E-state index contributed by atoms with van der Waals surface area (Å²) >= 11 is 5.19. The maximum Gasteiger partial charge on any atom is 0.00978 e. The van der Waals surface area contributed by atoms with Gasteiger partial charge in [-0.1, -0.05) is 48.6 Å². The summed E-state index contributed by atoms with van der Waals surface area (Å²) in [6.07, 6.45) is 14.2. The second-order valence-electron chi connectivity index (χ2n) is 6.25. The molecular weight excluding hydrogens is 494 g/mol. The molecule has 0 spiro atoms. The Bertz CT molecular complexity index is 734. The molecule has 0 radical (unpaired) electrons. The number of hydrogen-bond acceptors (Lipinski definition) is 0. The SMILES string of the molecule is IC1=C(C2=C(I)CCC3C=CC=CC23)c2ccccc2CC1. The number of fused-ring (bicyclic) bond motifs is 2. The fraction of sp³-hybridized carbons (Fsp3) is 0.300. The van der Waals surface area contributed by atoms with Crippen molar-refractivity contribution in [2.75, 3.05) is 0 Å². The van der Waals surface area contributed by atoms with Crippen LogP contribution in [0.1, 0.15) is 30.4 Å². The van der Waals surface area contributed by atoms with Gasteiger partial charge in [0.1, 0.15) is 0 Å². The Labute approximate surface area is 159 Å². The van der Waals surface area contributed by atoms with E-state index in [4.69, 9.17) is 0 Å². The van der Waals surface area contributed by atoms with E-state index in [0.29, 0.717) is 11.8 Å². The zero-order valence-corrected chi connectivity index (χ0v) is 16.7. The lowest BCUT2D eigenvalue weighted by Gasteiger charge is -2.35. The topological polar surface area (TPSA) is 0 Å². The van der Waals surface area contributed by atoms with E-state index in [9.17, 15) is 0 Å². The van der Waals surface area contributed by atoms with Crippen LogP contribution in [-0.2, 0) is 6.42 Å². The molecule has 1 aromatic carbocycles. The van der Waals surface area contributed by atoms with E-state index in [1.54, 1.807) is 18.3 Å². The van der Waals surface area contributed by atoms with Crippen LogP contribution in [0, 0.1) is 11.8 Å². The molecule has 2 heteroatoms. The van der Waals surface area contributed by atoms with Crippen molar-refractivity contribution < 1.29 is 0 Å². The number of rotatable bonds is 1. The van der Waals surface area contributed by atoms with E-state index in [1.807, 2.05) is 0 Å². The molecule has 0 heterocycles. The number of allylic oxidation sites excluding steroid dienone is 8. The van der Waals surface area contributed by atoms with Gasteiger partial charge in [-0.25, -0.2) is 0 Å². The lowest BCUT2D eigenvalue weighted by atomic mass is 9.71. The molecule has 0 aromatic heterocycles. The van der Waals surface area contributed by atoms with E-state index in [1.165, 1.54) is 36.8 Å². The molecule has 112 valence electrons. The molecule has 0 amide bonds. The molecule has 2 atom stereocenters. The molecule has 0 N–H and O–H groups in total. The van der Waals surface area contributed by atoms with Crippen LogP contribution in [0.3, 0.4) is 0 Å². The van der Waals surface area contributed by atoms with E-state index in [-0.39, 0.29) is 0 Å². The first-order valence-corrected chi connectivity index (χ1v) is 10.1. The summed E-state index contributed by atoms with van der Waals surface area (Å²) in [4.78, 5) is 0. The Balaban J connectivity index is 1.89. The summed E-state index contributed by atoms with van der Waals surface area (Å²) in [6, 6.07) is 9.01. The first-order valence-electron chi connectivity index (χ1n) is 7.96. The zero-order chi connectivity index (χ0) is 15.1. The van der Waals surface area contributed by atoms with Crippen molar-refractivity contribution in [3.05, 3.63) is 72.4 Å². The van der Waals surface area contributed by atoms with Crippen molar-refractivity contribution in [1.29, 1.82) is 0 Å². The van der Waals surface area contributed by atoms with E-state index >= 15 is 0 Å². The van der Waals surface area contributed by atoms with E-state index in [2.05, 4.69) is 93.8 Å². The Morgan fingerprint density at radius 2 is 1.68 bits per heavy atom. The summed E-state index contributed by atoms with van der Waals surface area (Å²) in [7, 11) is 0. The third-order valence-electron chi connectivity index (χ3n) is 5.01. The van der Waals surface area contributed by atoms with Crippen LogP contribution in [0.25, 0.3) is 5.57 Å². The minimum Gasteiger partial charge on any atom is -0.0805 e. The molecule has 0 nitrogen and oxygen atoms in total. The standard InChI is InChI=1S/C20H18I2/c21-17-11-9-13-5-1-3-7-15(13)19(17)20-16-8-4-2-6-14(16)10-12-18(20)22/h1-8,13,15H,9-12H2. The van der Waals surface area contributed by atoms with Crippen molar-refractivity contribution in [2.45, 2.75) is 25.7 Å². The van der Waals surface area contributed by atoms with Crippen molar-refractivity contribution in [2.24, 2.45) is 11.8 Å². The highest BCUT2D eigenvalue weighted by Crippen LogP contribution is 2.50. The third-order valence-corrected chi connectivity index (χ3v) is 7.21. The highest BCUT2D eigenvalue weighted by molar-refractivity contribution is 14.1. The Hall–Kier alpha value is -0.360. The second kappa shape index (κ2) is 6.27. The van der Waals surface area contributed by atoms with Gasteiger partial charge in [0.05, 0.1) is 0 Å². The van der Waals surface area contributed by atoms with Crippen molar-refractivity contribution in [3.63, 3.8) is 0 Å². The second-order valence-corrected chi connectivity index (χ2v) is 8.86. The van der Waals surface area contributed by atoms with E-state index in [0.717, 1.165) is 0 Å². The number of hydrogen-bond donors (Lipinski definition) is 0. The first-order chi connectivity index (χ1) is 10.8. The lowest BCUT2D eigenvalue weighted by molar-refractivity contribution is 0.476. The van der Waals surface area contributed by atoms with Crippen molar-refractivity contribution in [1.82, 2.24) is 0 Å². The average Bonchev–Trinajstić information content (AvgIpc) is 2.56. The van der Waals surface area contributed by atoms with Gasteiger partial charge < -0.3 is 0 Å². The number of benzene rings is 1. The molecule has 0 bridgehead atoms. The molecule has 0 aliphatic heterocycles. The lowest BCUT2D eigenvalue weighted by Crippen LogP contribution is -2.22. The summed E-state index contributed by atoms with van der Waals surface area (Å²) in [6.45, 7) is 0. The molecule has 3 aliphatic carbocycles. The highest BCUT2D eigenvalue weighted by atomic mass is 127. The van der Waals surface area contributed by atoms with Gasteiger partial charge >= 0.3 is 0 Å². The van der Waals surface area contributed by atoms with Crippen LogP contribution >= 0.6 is 45.2 Å². The number of aryl methyl sites for hydroxylation is 1. The molecule has 1 aromatic rings. The normalized spacial score (nSPS) is 27.0. The minimum absolute atomic E-state index is 0.566. The predicted molar refractivity (Wildman–Crippen MR) is 111 cm³/mol. The predicted octanol–water partition coefficient (Wildman–Crippen LogP) is 6.62. The Morgan fingerprint density at radius 1 is 0.864 bits per heavy atom. The van der Waals surface area contributed by atoms with Gasteiger partial charge in [-0.3, -0.25) is 0 Å². The van der Waals surface area contributed by atoms with Crippen LogP contribution in [-0.4, -0.2) is 0 Å². The summed E-state index contributed by atoms with van der Waals surface area (Å²) in [5.74, 6) is 1.25. The maximum absolute atomic E-state index is 2.60. The molecular formula is C20H18I2. The molecule has 0 saturated carbocycles. The van der Waals surface area contributed by atoms with Crippen LogP contribution in [0.15, 0.2) is 61.3 Å². The van der Waals surface area contributed by atoms with Gasteiger partial charge in [-0.05, 0) is 106 Å². The smallest absolute Gasteiger partial charge is 0.00978 e.